The highest BCUT2D eigenvalue weighted by Gasteiger charge is 2.39. The standard InChI is InChI=1S/C26H37F3N6O4/c1-3-39-16-15-35(13-5-4-8-19-10-9-18-7-6-12-30-23(18)31-19)14-11-21(25(37)38)32-24(36)20-17-34(2)33-22(20)26(27,28)29/h9-10,17,21H,3-8,11-16H2,1-2H3,(H,30,31)(H,32,36)(H,37,38). The van der Waals surface area contributed by atoms with Crippen molar-refractivity contribution in [2.45, 2.75) is 57.7 Å². The van der Waals surface area contributed by atoms with Crippen molar-refractivity contribution in [3.8, 4) is 0 Å². The summed E-state index contributed by atoms with van der Waals surface area (Å²) in [5, 5.41) is 18.5. The monoisotopic (exact) mass is 554 g/mol. The first-order valence-corrected chi connectivity index (χ1v) is 13.3. The SMILES string of the molecule is CCOCCN(CCCCc1ccc2c(n1)NCCC2)CCC(NC(=O)c1cn(C)nc1C(F)(F)F)C(=O)O. The van der Waals surface area contributed by atoms with Crippen molar-refractivity contribution in [2.24, 2.45) is 7.05 Å². The van der Waals surface area contributed by atoms with Gasteiger partial charge < -0.3 is 25.4 Å². The summed E-state index contributed by atoms with van der Waals surface area (Å²) >= 11 is 0. The summed E-state index contributed by atoms with van der Waals surface area (Å²) in [6.45, 7) is 5.39. The van der Waals surface area contributed by atoms with Crippen LogP contribution in [0.25, 0.3) is 0 Å². The molecule has 3 N–H and O–H groups in total. The van der Waals surface area contributed by atoms with Crippen LogP contribution in [0.15, 0.2) is 18.3 Å². The largest absolute Gasteiger partial charge is 0.480 e. The number of aryl methyl sites for hydroxylation is 3. The number of carbonyl (C=O) groups excluding carboxylic acids is 1. The van der Waals surface area contributed by atoms with Gasteiger partial charge in [0.25, 0.3) is 5.91 Å². The van der Waals surface area contributed by atoms with Crippen LogP contribution >= 0.6 is 0 Å². The Morgan fingerprint density at radius 3 is 2.77 bits per heavy atom. The van der Waals surface area contributed by atoms with Crippen LogP contribution in [0.1, 0.15) is 59.9 Å². The first-order valence-electron chi connectivity index (χ1n) is 13.3. The summed E-state index contributed by atoms with van der Waals surface area (Å²) in [5.41, 5.74) is 0.196. The lowest BCUT2D eigenvalue weighted by molar-refractivity contribution is -0.141. The molecule has 2 aromatic heterocycles. The minimum absolute atomic E-state index is 0.0207. The van der Waals surface area contributed by atoms with Gasteiger partial charge in [0.2, 0.25) is 0 Å². The van der Waals surface area contributed by atoms with Crippen LogP contribution < -0.4 is 10.6 Å². The van der Waals surface area contributed by atoms with Gasteiger partial charge in [-0.1, -0.05) is 6.07 Å². The quantitative estimate of drug-likeness (QED) is 0.287. The number of aromatic nitrogens is 3. The van der Waals surface area contributed by atoms with Gasteiger partial charge in [-0.2, -0.15) is 18.3 Å². The Morgan fingerprint density at radius 2 is 2.05 bits per heavy atom. The molecule has 39 heavy (non-hydrogen) atoms. The molecule has 1 amide bonds. The summed E-state index contributed by atoms with van der Waals surface area (Å²) in [4.78, 5) is 31.2. The molecule has 0 saturated carbocycles. The predicted molar refractivity (Wildman–Crippen MR) is 139 cm³/mol. The average molecular weight is 555 g/mol. The number of amides is 1. The Balaban J connectivity index is 1.54. The van der Waals surface area contributed by atoms with Crippen molar-refractivity contribution in [1.29, 1.82) is 0 Å². The topological polar surface area (TPSA) is 122 Å². The van der Waals surface area contributed by atoms with E-state index < -0.39 is 35.4 Å². The molecule has 1 aliphatic heterocycles. The summed E-state index contributed by atoms with van der Waals surface area (Å²) in [6.07, 6.45) is 0.794. The van der Waals surface area contributed by atoms with Crippen molar-refractivity contribution in [2.75, 3.05) is 44.7 Å². The molecule has 1 aliphatic rings. The molecule has 0 aromatic carbocycles. The highest BCUT2D eigenvalue weighted by molar-refractivity contribution is 5.97. The Kier molecular flexibility index (Phi) is 11.1. The van der Waals surface area contributed by atoms with Crippen molar-refractivity contribution in [3.63, 3.8) is 0 Å². The number of rotatable bonds is 15. The van der Waals surface area contributed by atoms with Gasteiger partial charge >= 0.3 is 12.1 Å². The Hall–Kier alpha value is -3.19. The molecule has 0 radical (unpaired) electrons. The van der Waals surface area contributed by atoms with E-state index in [1.54, 1.807) is 0 Å². The number of carbonyl (C=O) groups is 2. The smallest absolute Gasteiger partial charge is 0.435 e. The fraction of sp³-hybridized carbons (Fsp3) is 0.615. The molecule has 13 heteroatoms. The van der Waals surface area contributed by atoms with Gasteiger partial charge in [-0.05, 0) is 63.6 Å². The van der Waals surface area contributed by atoms with E-state index in [-0.39, 0.29) is 6.42 Å². The van der Waals surface area contributed by atoms with E-state index in [9.17, 15) is 27.9 Å². The number of carboxylic acid groups (broad SMARTS) is 1. The van der Waals surface area contributed by atoms with Gasteiger partial charge in [0.05, 0.1) is 12.2 Å². The van der Waals surface area contributed by atoms with E-state index in [0.717, 1.165) is 61.0 Å². The molecule has 2 aromatic rings. The van der Waals surface area contributed by atoms with Crippen molar-refractivity contribution < 1.29 is 32.6 Å². The van der Waals surface area contributed by atoms with Crippen LogP contribution in [0.4, 0.5) is 19.0 Å². The fourth-order valence-corrected chi connectivity index (χ4v) is 4.49. The van der Waals surface area contributed by atoms with Gasteiger partial charge in [-0.15, -0.1) is 0 Å². The second kappa shape index (κ2) is 14.3. The fourth-order valence-electron chi connectivity index (χ4n) is 4.49. The van der Waals surface area contributed by atoms with Crippen molar-refractivity contribution >= 4 is 17.7 Å². The Morgan fingerprint density at radius 1 is 1.26 bits per heavy atom. The molecule has 1 atom stereocenters. The number of hydrogen-bond acceptors (Lipinski definition) is 7. The van der Waals surface area contributed by atoms with Gasteiger partial charge in [-0.25, -0.2) is 9.78 Å². The van der Waals surface area contributed by atoms with Crippen LogP contribution in [0, 0.1) is 0 Å². The zero-order valence-electron chi connectivity index (χ0n) is 22.4. The van der Waals surface area contributed by atoms with E-state index in [1.807, 2.05) is 11.8 Å². The lowest BCUT2D eigenvalue weighted by Gasteiger charge is -2.24. The third-order valence-corrected chi connectivity index (χ3v) is 6.54. The number of hydrogen-bond donors (Lipinski definition) is 3. The highest BCUT2D eigenvalue weighted by atomic mass is 19.4. The zero-order chi connectivity index (χ0) is 28.4. The molecule has 3 heterocycles. The maximum atomic E-state index is 13.3. The number of nitrogens with one attached hydrogen (secondary N) is 2. The number of anilines is 1. The van der Waals surface area contributed by atoms with E-state index >= 15 is 0 Å². The molecule has 216 valence electrons. The van der Waals surface area contributed by atoms with Gasteiger partial charge in [0, 0.05) is 45.2 Å². The van der Waals surface area contributed by atoms with Crippen LogP contribution in [0.5, 0.6) is 0 Å². The second-order valence-corrected chi connectivity index (χ2v) is 9.55. The predicted octanol–water partition coefficient (Wildman–Crippen LogP) is 3.13. The third kappa shape index (κ3) is 9.20. The molecule has 0 bridgehead atoms. The van der Waals surface area contributed by atoms with Crippen LogP contribution in [0.3, 0.4) is 0 Å². The number of alkyl halides is 3. The first-order chi connectivity index (χ1) is 18.6. The number of fused-ring (bicyclic) bond motifs is 1. The molecule has 10 nitrogen and oxygen atoms in total. The zero-order valence-corrected chi connectivity index (χ0v) is 22.4. The minimum atomic E-state index is -4.84. The van der Waals surface area contributed by atoms with Crippen LogP contribution in [0.2, 0.25) is 0 Å². The van der Waals surface area contributed by atoms with E-state index in [2.05, 4.69) is 27.9 Å². The molecule has 1 unspecified atom stereocenters. The first kappa shape index (κ1) is 30.4. The molecule has 0 fully saturated rings. The Labute approximate surface area is 225 Å². The number of carboxylic acids is 1. The van der Waals surface area contributed by atoms with Crippen LogP contribution in [-0.4, -0.2) is 82.1 Å². The highest BCUT2D eigenvalue weighted by Crippen LogP contribution is 2.30. The molecule has 0 spiro atoms. The number of pyridine rings is 1. The number of halogens is 3. The summed E-state index contributed by atoms with van der Waals surface area (Å²) in [5.74, 6) is -1.49. The summed E-state index contributed by atoms with van der Waals surface area (Å²) < 4.78 is 46.1. The van der Waals surface area contributed by atoms with E-state index in [0.29, 0.717) is 32.8 Å². The lowest BCUT2D eigenvalue weighted by atomic mass is 10.1. The number of ether oxygens (including phenoxy) is 1. The summed E-state index contributed by atoms with van der Waals surface area (Å²) in [7, 11) is 1.26. The van der Waals surface area contributed by atoms with Crippen LogP contribution in [-0.2, 0) is 35.6 Å². The number of nitrogens with zero attached hydrogens (tertiary/aromatic N) is 4. The molecule has 0 saturated heterocycles. The van der Waals surface area contributed by atoms with Crippen molar-refractivity contribution in [3.05, 3.63) is 40.8 Å². The van der Waals surface area contributed by atoms with Gasteiger partial charge in [0.1, 0.15) is 11.9 Å². The molecule has 0 aliphatic carbocycles. The number of unbranched alkanes of at least 4 members (excludes halogenated alkanes) is 1. The molecule has 3 rings (SSSR count). The number of aliphatic carboxylic acids is 1. The van der Waals surface area contributed by atoms with E-state index in [4.69, 9.17) is 9.72 Å². The van der Waals surface area contributed by atoms with E-state index in [1.165, 1.54) is 12.6 Å². The maximum Gasteiger partial charge on any atom is 0.435 e. The lowest BCUT2D eigenvalue weighted by Crippen LogP contribution is -2.44. The molecular weight excluding hydrogens is 517 g/mol. The van der Waals surface area contributed by atoms with Gasteiger partial charge in [0.15, 0.2) is 5.69 Å². The van der Waals surface area contributed by atoms with Crippen molar-refractivity contribution in [1.82, 2.24) is 25.0 Å². The Bertz CT molecular complexity index is 1110. The maximum absolute atomic E-state index is 13.3. The third-order valence-electron chi connectivity index (χ3n) is 6.54. The van der Waals surface area contributed by atoms with Gasteiger partial charge in [-0.3, -0.25) is 9.48 Å². The summed E-state index contributed by atoms with van der Waals surface area (Å²) in [6, 6.07) is 2.83. The average Bonchev–Trinajstić information content (AvgIpc) is 3.30. The normalized spacial score (nSPS) is 14.1. The molecular formula is C26H37F3N6O4. The second-order valence-electron chi connectivity index (χ2n) is 9.55. The minimum Gasteiger partial charge on any atom is -0.480 e.